The molecule has 1 atom stereocenters. The molecular weight excluding hydrogens is 334 g/mol. The second-order valence-corrected chi connectivity index (χ2v) is 5.56. The number of hydrogen-bond donors (Lipinski definition) is 0. The number of aryl methyl sites for hydroxylation is 1. The highest BCUT2D eigenvalue weighted by Gasteiger charge is 2.20. The zero-order chi connectivity index (χ0) is 15.4. The van der Waals surface area contributed by atoms with Crippen molar-refractivity contribution in [2.45, 2.75) is 20.0 Å². The molecule has 21 heavy (non-hydrogen) atoms. The van der Waals surface area contributed by atoms with Crippen molar-refractivity contribution in [3.05, 3.63) is 63.9 Å². The number of aromatic nitrogens is 1. The van der Waals surface area contributed by atoms with Gasteiger partial charge in [-0.15, -0.1) is 0 Å². The molecule has 0 radical (unpaired) electrons. The standard InChI is InChI=1S/C16H14BrNO3/c1-10-3-5-12(6-4-10)15(19)11(2)21-16(20)14-8-7-13(17)9-18-14/h3-9,11H,1-2H3/t11-/m1/s1. The first-order chi connectivity index (χ1) is 9.97. The maximum absolute atomic E-state index is 12.2. The quantitative estimate of drug-likeness (QED) is 0.626. The van der Waals surface area contributed by atoms with E-state index in [-0.39, 0.29) is 11.5 Å². The summed E-state index contributed by atoms with van der Waals surface area (Å²) in [5, 5.41) is 0. The van der Waals surface area contributed by atoms with Gasteiger partial charge in [-0.1, -0.05) is 29.8 Å². The Morgan fingerprint density at radius 2 is 1.81 bits per heavy atom. The third-order valence-corrected chi connectivity index (χ3v) is 3.39. The van der Waals surface area contributed by atoms with E-state index in [1.54, 1.807) is 25.1 Å². The monoisotopic (exact) mass is 347 g/mol. The maximum atomic E-state index is 12.2. The first kappa shape index (κ1) is 15.4. The molecule has 0 amide bonds. The SMILES string of the molecule is Cc1ccc(C(=O)[C@@H](C)OC(=O)c2ccc(Br)cn2)cc1. The zero-order valence-electron chi connectivity index (χ0n) is 11.7. The summed E-state index contributed by atoms with van der Waals surface area (Å²) < 4.78 is 5.92. The van der Waals surface area contributed by atoms with Crippen molar-refractivity contribution in [3.63, 3.8) is 0 Å². The Balaban J connectivity index is 2.05. The molecule has 0 saturated carbocycles. The molecule has 0 unspecified atom stereocenters. The van der Waals surface area contributed by atoms with Gasteiger partial charge in [-0.25, -0.2) is 9.78 Å². The number of halogens is 1. The highest BCUT2D eigenvalue weighted by atomic mass is 79.9. The number of esters is 1. The molecule has 1 aromatic heterocycles. The number of benzene rings is 1. The van der Waals surface area contributed by atoms with E-state index in [1.807, 2.05) is 19.1 Å². The van der Waals surface area contributed by atoms with Gasteiger partial charge in [0.15, 0.2) is 6.10 Å². The molecule has 0 bridgehead atoms. The molecule has 2 rings (SSSR count). The smallest absolute Gasteiger partial charge is 0.357 e. The number of hydrogen-bond acceptors (Lipinski definition) is 4. The van der Waals surface area contributed by atoms with Gasteiger partial charge in [0.05, 0.1) is 0 Å². The lowest BCUT2D eigenvalue weighted by Crippen LogP contribution is -2.24. The van der Waals surface area contributed by atoms with E-state index in [2.05, 4.69) is 20.9 Å². The van der Waals surface area contributed by atoms with Crippen molar-refractivity contribution in [2.75, 3.05) is 0 Å². The number of carbonyl (C=O) groups is 2. The van der Waals surface area contributed by atoms with Crippen LogP contribution in [-0.4, -0.2) is 22.8 Å². The van der Waals surface area contributed by atoms with Crippen LogP contribution < -0.4 is 0 Å². The van der Waals surface area contributed by atoms with E-state index < -0.39 is 12.1 Å². The fourth-order valence-corrected chi connectivity index (χ4v) is 1.96. The van der Waals surface area contributed by atoms with Crippen molar-refractivity contribution in [2.24, 2.45) is 0 Å². The average Bonchev–Trinajstić information content (AvgIpc) is 2.47. The van der Waals surface area contributed by atoms with Gasteiger partial charge in [0, 0.05) is 16.2 Å². The summed E-state index contributed by atoms with van der Waals surface area (Å²) in [7, 11) is 0. The Morgan fingerprint density at radius 1 is 1.14 bits per heavy atom. The summed E-state index contributed by atoms with van der Waals surface area (Å²) >= 11 is 3.24. The van der Waals surface area contributed by atoms with Gasteiger partial charge in [0.1, 0.15) is 5.69 Å². The van der Waals surface area contributed by atoms with E-state index >= 15 is 0 Å². The largest absolute Gasteiger partial charge is 0.450 e. The Labute approximate surface area is 131 Å². The van der Waals surface area contributed by atoms with E-state index in [0.717, 1.165) is 10.0 Å². The highest BCUT2D eigenvalue weighted by molar-refractivity contribution is 9.10. The number of pyridine rings is 1. The average molecular weight is 348 g/mol. The third-order valence-electron chi connectivity index (χ3n) is 2.93. The minimum atomic E-state index is -0.856. The summed E-state index contributed by atoms with van der Waals surface area (Å²) in [6.45, 7) is 3.50. The second kappa shape index (κ2) is 6.63. The molecule has 0 aliphatic carbocycles. The van der Waals surface area contributed by atoms with Crippen LogP contribution in [0.1, 0.15) is 33.3 Å². The molecule has 5 heteroatoms. The molecule has 2 aromatic rings. The normalized spacial score (nSPS) is 11.8. The molecule has 0 fully saturated rings. The van der Waals surface area contributed by atoms with E-state index in [0.29, 0.717) is 5.56 Å². The van der Waals surface area contributed by atoms with Crippen molar-refractivity contribution < 1.29 is 14.3 Å². The summed E-state index contributed by atoms with van der Waals surface area (Å²) in [5.74, 6) is -0.851. The first-order valence-electron chi connectivity index (χ1n) is 6.41. The molecule has 0 aliphatic rings. The van der Waals surface area contributed by atoms with Crippen LogP contribution >= 0.6 is 15.9 Å². The van der Waals surface area contributed by atoms with Crippen molar-refractivity contribution in [1.29, 1.82) is 0 Å². The molecular formula is C16H14BrNO3. The topological polar surface area (TPSA) is 56.3 Å². The molecule has 0 N–H and O–H groups in total. The Bertz CT molecular complexity index is 650. The van der Waals surface area contributed by atoms with Crippen LogP contribution in [0.2, 0.25) is 0 Å². The van der Waals surface area contributed by atoms with Gasteiger partial charge < -0.3 is 4.74 Å². The summed E-state index contributed by atoms with van der Waals surface area (Å²) in [6, 6.07) is 10.4. The minimum absolute atomic E-state index is 0.168. The number of nitrogens with zero attached hydrogens (tertiary/aromatic N) is 1. The molecule has 1 heterocycles. The predicted octanol–water partition coefficient (Wildman–Crippen LogP) is 3.58. The van der Waals surface area contributed by atoms with Crippen LogP contribution in [0, 0.1) is 6.92 Å². The second-order valence-electron chi connectivity index (χ2n) is 4.64. The number of ether oxygens (including phenoxy) is 1. The van der Waals surface area contributed by atoms with Crippen molar-refractivity contribution in [1.82, 2.24) is 4.98 Å². The lowest BCUT2D eigenvalue weighted by molar-refractivity contribution is 0.0313. The fourth-order valence-electron chi connectivity index (χ4n) is 1.72. The van der Waals surface area contributed by atoms with Gasteiger partial charge in [-0.3, -0.25) is 4.79 Å². The van der Waals surface area contributed by atoms with Crippen molar-refractivity contribution >= 4 is 27.7 Å². The Morgan fingerprint density at radius 3 is 2.38 bits per heavy atom. The van der Waals surface area contributed by atoms with E-state index in [4.69, 9.17) is 4.74 Å². The summed E-state index contributed by atoms with van der Waals surface area (Å²) in [5.41, 5.74) is 1.75. The third kappa shape index (κ3) is 3.98. The van der Waals surface area contributed by atoms with Crippen LogP contribution in [0.4, 0.5) is 0 Å². The van der Waals surface area contributed by atoms with Gasteiger partial charge >= 0.3 is 5.97 Å². The van der Waals surface area contributed by atoms with Gasteiger partial charge in [-0.05, 0) is 41.9 Å². The van der Waals surface area contributed by atoms with Gasteiger partial charge in [0.2, 0.25) is 5.78 Å². The fraction of sp³-hybridized carbons (Fsp3) is 0.188. The number of rotatable bonds is 4. The summed E-state index contributed by atoms with van der Waals surface area (Å²) in [6.07, 6.45) is 0.647. The molecule has 0 aliphatic heterocycles. The molecule has 4 nitrogen and oxygen atoms in total. The van der Waals surface area contributed by atoms with Crippen LogP contribution in [0.5, 0.6) is 0 Å². The van der Waals surface area contributed by atoms with Crippen LogP contribution in [0.25, 0.3) is 0 Å². The number of carbonyl (C=O) groups excluding carboxylic acids is 2. The predicted molar refractivity (Wildman–Crippen MR) is 82.3 cm³/mol. The van der Waals surface area contributed by atoms with Crippen LogP contribution in [0.3, 0.4) is 0 Å². The lowest BCUT2D eigenvalue weighted by atomic mass is 10.1. The zero-order valence-corrected chi connectivity index (χ0v) is 13.3. The van der Waals surface area contributed by atoms with E-state index in [1.165, 1.54) is 12.3 Å². The molecule has 0 spiro atoms. The first-order valence-corrected chi connectivity index (χ1v) is 7.20. The Hall–Kier alpha value is -2.01. The molecule has 1 aromatic carbocycles. The maximum Gasteiger partial charge on any atom is 0.357 e. The number of Topliss-reactive ketones (excluding diaryl/α,β-unsaturated/α-hetero) is 1. The van der Waals surface area contributed by atoms with Gasteiger partial charge in [0.25, 0.3) is 0 Å². The summed E-state index contributed by atoms with van der Waals surface area (Å²) in [4.78, 5) is 28.0. The molecule has 0 saturated heterocycles. The Kier molecular flexibility index (Phi) is 4.85. The lowest BCUT2D eigenvalue weighted by Gasteiger charge is -2.12. The van der Waals surface area contributed by atoms with Gasteiger partial charge in [-0.2, -0.15) is 0 Å². The number of ketones is 1. The van der Waals surface area contributed by atoms with E-state index in [9.17, 15) is 9.59 Å². The highest BCUT2D eigenvalue weighted by Crippen LogP contribution is 2.12. The van der Waals surface area contributed by atoms with Crippen molar-refractivity contribution in [3.8, 4) is 0 Å². The van der Waals surface area contributed by atoms with Crippen LogP contribution in [0.15, 0.2) is 47.1 Å². The van der Waals surface area contributed by atoms with Crippen LogP contribution in [-0.2, 0) is 4.74 Å². The minimum Gasteiger partial charge on any atom is -0.450 e. The molecule has 108 valence electrons.